The van der Waals surface area contributed by atoms with Crippen LogP contribution in [-0.4, -0.2) is 62.8 Å². The van der Waals surface area contributed by atoms with E-state index in [1.807, 2.05) is 26.4 Å². The first kappa shape index (κ1) is 14.5. The van der Waals surface area contributed by atoms with Crippen molar-refractivity contribution >= 4 is 0 Å². The summed E-state index contributed by atoms with van der Waals surface area (Å²) in [6.07, 6.45) is 4.74. The van der Waals surface area contributed by atoms with Crippen LogP contribution in [0.25, 0.3) is 0 Å². The molecule has 1 aromatic heterocycles. The van der Waals surface area contributed by atoms with Crippen LogP contribution in [0, 0.1) is 0 Å². The Hall–Kier alpha value is -0.910. The van der Waals surface area contributed by atoms with E-state index in [9.17, 15) is 5.11 Å². The molecule has 5 nitrogen and oxygen atoms in total. The van der Waals surface area contributed by atoms with E-state index in [0.29, 0.717) is 6.04 Å². The smallest absolute Gasteiger partial charge is 0.122 e. The molecule has 0 spiro atoms. The number of nitrogens with zero attached hydrogens (tertiary/aromatic N) is 4. The van der Waals surface area contributed by atoms with Gasteiger partial charge in [0.1, 0.15) is 5.82 Å². The Morgan fingerprint density at radius 3 is 2.84 bits per heavy atom. The molecule has 0 saturated carbocycles. The van der Waals surface area contributed by atoms with Gasteiger partial charge in [0, 0.05) is 51.7 Å². The Morgan fingerprint density at radius 1 is 1.47 bits per heavy atom. The second kappa shape index (κ2) is 6.50. The lowest BCUT2D eigenvalue weighted by atomic mass is 10.1. The largest absolute Gasteiger partial charge is 0.392 e. The molecule has 0 aliphatic carbocycles. The lowest BCUT2D eigenvalue weighted by Crippen LogP contribution is -2.54. The number of aromatic nitrogens is 2. The topological polar surface area (TPSA) is 44.5 Å². The molecule has 0 unspecified atom stereocenters. The van der Waals surface area contributed by atoms with Crippen molar-refractivity contribution in [3.63, 3.8) is 0 Å². The van der Waals surface area contributed by atoms with Crippen molar-refractivity contribution in [1.29, 1.82) is 0 Å². The van der Waals surface area contributed by atoms with Crippen LogP contribution in [-0.2, 0) is 13.6 Å². The Kier molecular flexibility index (Phi) is 4.96. The van der Waals surface area contributed by atoms with Crippen molar-refractivity contribution in [3.05, 3.63) is 18.2 Å². The second-order valence-electron chi connectivity index (χ2n) is 5.60. The van der Waals surface area contributed by atoms with E-state index < -0.39 is 0 Å². The molecule has 1 aliphatic rings. The van der Waals surface area contributed by atoms with Gasteiger partial charge in [-0.3, -0.25) is 9.80 Å². The number of piperazine rings is 1. The maximum atomic E-state index is 9.56. The SMILES string of the molecule is CC[C@@H]1CN(Cc2nccn2C)CCN1C[C@H](C)O. The maximum absolute atomic E-state index is 9.56. The summed E-state index contributed by atoms with van der Waals surface area (Å²) >= 11 is 0. The Balaban J connectivity index is 1.91. The minimum atomic E-state index is -0.241. The van der Waals surface area contributed by atoms with Gasteiger partial charge < -0.3 is 9.67 Å². The van der Waals surface area contributed by atoms with E-state index >= 15 is 0 Å². The standard InChI is InChI=1S/C14H26N4O/c1-4-13-10-17(7-8-18(13)9-12(2)19)11-14-15-5-6-16(14)3/h5-6,12-13,19H,4,7-11H2,1-3H3/t12-,13+/m0/s1. The van der Waals surface area contributed by atoms with Gasteiger partial charge in [-0.05, 0) is 13.3 Å². The number of aliphatic hydroxyl groups excluding tert-OH is 1. The van der Waals surface area contributed by atoms with Crippen LogP contribution in [0.4, 0.5) is 0 Å². The third kappa shape index (κ3) is 3.78. The molecule has 2 heterocycles. The van der Waals surface area contributed by atoms with E-state index in [1.165, 1.54) is 0 Å². The molecule has 0 aromatic carbocycles. The predicted molar refractivity (Wildman–Crippen MR) is 75.8 cm³/mol. The maximum Gasteiger partial charge on any atom is 0.122 e. The van der Waals surface area contributed by atoms with E-state index in [0.717, 1.165) is 45.0 Å². The van der Waals surface area contributed by atoms with Crippen LogP contribution in [0.2, 0.25) is 0 Å². The van der Waals surface area contributed by atoms with Gasteiger partial charge in [0.05, 0.1) is 12.6 Å². The van der Waals surface area contributed by atoms with Crippen molar-refractivity contribution in [3.8, 4) is 0 Å². The van der Waals surface area contributed by atoms with Gasteiger partial charge in [-0.25, -0.2) is 4.98 Å². The zero-order valence-corrected chi connectivity index (χ0v) is 12.3. The van der Waals surface area contributed by atoms with Crippen molar-refractivity contribution in [2.45, 2.75) is 39.0 Å². The number of aryl methyl sites for hydroxylation is 1. The average molecular weight is 266 g/mol. The fraction of sp³-hybridized carbons (Fsp3) is 0.786. The van der Waals surface area contributed by atoms with Gasteiger partial charge in [-0.2, -0.15) is 0 Å². The molecule has 1 aliphatic heterocycles. The average Bonchev–Trinajstić information content (AvgIpc) is 2.76. The van der Waals surface area contributed by atoms with Gasteiger partial charge in [-0.15, -0.1) is 0 Å². The predicted octanol–water partition coefficient (Wildman–Crippen LogP) is 0.697. The fourth-order valence-electron chi connectivity index (χ4n) is 2.82. The highest BCUT2D eigenvalue weighted by Crippen LogP contribution is 2.15. The Bertz CT molecular complexity index is 391. The molecular weight excluding hydrogens is 240 g/mol. The summed E-state index contributed by atoms with van der Waals surface area (Å²) in [5.41, 5.74) is 0. The quantitative estimate of drug-likeness (QED) is 0.852. The number of imidazole rings is 1. The van der Waals surface area contributed by atoms with Crippen molar-refractivity contribution in [2.75, 3.05) is 26.2 Å². The molecule has 2 atom stereocenters. The third-order valence-corrected chi connectivity index (χ3v) is 3.94. The van der Waals surface area contributed by atoms with Crippen molar-refractivity contribution in [1.82, 2.24) is 19.4 Å². The molecule has 1 N–H and O–H groups in total. The zero-order chi connectivity index (χ0) is 13.8. The van der Waals surface area contributed by atoms with E-state index in [4.69, 9.17) is 0 Å². The van der Waals surface area contributed by atoms with Crippen LogP contribution in [0.3, 0.4) is 0 Å². The van der Waals surface area contributed by atoms with Crippen molar-refractivity contribution < 1.29 is 5.11 Å². The highest BCUT2D eigenvalue weighted by Gasteiger charge is 2.26. The van der Waals surface area contributed by atoms with E-state index in [2.05, 4.69) is 26.3 Å². The first-order chi connectivity index (χ1) is 9.10. The molecule has 5 heteroatoms. The molecule has 0 amide bonds. The molecule has 1 saturated heterocycles. The number of rotatable bonds is 5. The number of aliphatic hydroxyl groups is 1. The lowest BCUT2D eigenvalue weighted by Gasteiger charge is -2.41. The molecular formula is C14H26N4O. The lowest BCUT2D eigenvalue weighted by molar-refractivity contribution is 0.0326. The van der Waals surface area contributed by atoms with Crippen molar-refractivity contribution in [2.24, 2.45) is 7.05 Å². The minimum absolute atomic E-state index is 0.241. The fourth-order valence-corrected chi connectivity index (χ4v) is 2.82. The van der Waals surface area contributed by atoms with E-state index in [1.54, 1.807) is 0 Å². The van der Waals surface area contributed by atoms with Crippen LogP contribution in [0.1, 0.15) is 26.1 Å². The molecule has 0 bridgehead atoms. The van der Waals surface area contributed by atoms with Gasteiger partial charge in [0.25, 0.3) is 0 Å². The van der Waals surface area contributed by atoms with Gasteiger partial charge >= 0.3 is 0 Å². The Morgan fingerprint density at radius 2 is 2.26 bits per heavy atom. The third-order valence-electron chi connectivity index (χ3n) is 3.94. The minimum Gasteiger partial charge on any atom is -0.392 e. The first-order valence-corrected chi connectivity index (χ1v) is 7.20. The highest BCUT2D eigenvalue weighted by molar-refractivity contribution is 4.93. The summed E-state index contributed by atoms with van der Waals surface area (Å²) in [5, 5.41) is 9.56. The summed E-state index contributed by atoms with van der Waals surface area (Å²) in [6, 6.07) is 0.545. The zero-order valence-electron chi connectivity index (χ0n) is 12.3. The van der Waals surface area contributed by atoms with Crippen LogP contribution in [0.15, 0.2) is 12.4 Å². The number of hydrogen-bond donors (Lipinski definition) is 1. The summed E-state index contributed by atoms with van der Waals surface area (Å²) in [5.74, 6) is 1.12. The number of hydrogen-bond acceptors (Lipinski definition) is 4. The summed E-state index contributed by atoms with van der Waals surface area (Å²) < 4.78 is 2.09. The highest BCUT2D eigenvalue weighted by atomic mass is 16.3. The van der Waals surface area contributed by atoms with Crippen LogP contribution in [0.5, 0.6) is 0 Å². The molecule has 0 radical (unpaired) electrons. The van der Waals surface area contributed by atoms with E-state index in [-0.39, 0.29) is 6.10 Å². The molecule has 2 rings (SSSR count). The molecule has 1 aromatic rings. The normalized spacial score (nSPS) is 23.7. The van der Waals surface area contributed by atoms with Gasteiger partial charge in [0.2, 0.25) is 0 Å². The van der Waals surface area contributed by atoms with Gasteiger partial charge in [-0.1, -0.05) is 6.92 Å². The summed E-state index contributed by atoms with van der Waals surface area (Å²) in [6.45, 7) is 8.95. The Labute approximate surface area is 115 Å². The summed E-state index contributed by atoms with van der Waals surface area (Å²) in [4.78, 5) is 9.28. The van der Waals surface area contributed by atoms with Gasteiger partial charge in [0.15, 0.2) is 0 Å². The van der Waals surface area contributed by atoms with Crippen LogP contribution < -0.4 is 0 Å². The monoisotopic (exact) mass is 266 g/mol. The molecule has 1 fully saturated rings. The summed E-state index contributed by atoms with van der Waals surface area (Å²) in [7, 11) is 2.04. The van der Waals surface area contributed by atoms with Crippen LogP contribution >= 0.6 is 0 Å². The first-order valence-electron chi connectivity index (χ1n) is 7.20. The molecule has 19 heavy (non-hydrogen) atoms. The second-order valence-corrected chi connectivity index (χ2v) is 5.60. The molecule has 108 valence electrons. The number of β-amino-alcohol motifs (C(OH)–C–C–N with tert-alkyl or cyclic N) is 1.